The number of rotatable bonds is 4. The zero-order valence-corrected chi connectivity index (χ0v) is 14.8. The number of esters is 1. The second kappa shape index (κ2) is 6.72. The molecule has 1 atom stereocenters. The molecule has 4 rings (SSSR count). The molecule has 0 saturated heterocycles. The molecule has 0 aliphatic heterocycles. The van der Waals surface area contributed by atoms with Gasteiger partial charge in [-0.2, -0.15) is 0 Å². The number of pyridine rings is 1. The summed E-state index contributed by atoms with van der Waals surface area (Å²) in [5.74, 6) is -0.508. The summed E-state index contributed by atoms with van der Waals surface area (Å²) in [5.41, 5.74) is 8.98. The summed E-state index contributed by atoms with van der Waals surface area (Å²) in [7, 11) is 0. The molecule has 0 spiro atoms. The third-order valence-electron chi connectivity index (χ3n) is 4.69. The highest BCUT2D eigenvalue weighted by molar-refractivity contribution is 6.07. The van der Waals surface area contributed by atoms with Gasteiger partial charge < -0.3 is 14.9 Å². The van der Waals surface area contributed by atoms with Crippen LogP contribution < -0.4 is 5.73 Å². The van der Waals surface area contributed by atoms with E-state index >= 15 is 0 Å². The number of amides is 1. The number of benzene rings is 1. The van der Waals surface area contributed by atoms with Crippen molar-refractivity contribution in [2.45, 2.75) is 25.9 Å². The molecule has 6 heteroatoms. The molecule has 0 saturated carbocycles. The first-order valence-electron chi connectivity index (χ1n) is 8.71. The van der Waals surface area contributed by atoms with Crippen LogP contribution in [0.4, 0.5) is 0 Å². The number of nitrogens with zero attached hydrogens (tertiary/aromatic N) is 1. The number of nitrogens with two attached hydrogens (primary N) is 1. The summed E-state index contributed by atoms with van der Waals surface area (Å²) < 4.78 is 10.7. The Kier molecular flexibility index (Phi) is 4.24. The molecule has 0 fully saturated rings. The molecule has 0 bridgehead atoms. The van der Waals surface area contributed by atoms with Gasteiger partial charge in [0.25, 0.3) is 5.91 Å². The molecule has 27 heavy (non-hydrogen) atoms. The van der Waals surface area contributed by atoms with Gasteiger partial charge >= 0.3 is 5.97 Å². The molecule has 0 unspecified atom stereocenters. The van der Waals surface area contributed by atoms with Crippen molar-refractivity contribution in [2.75, 3.05) is 0 Å². The maximum absolute atomic E-state index is 12.9. The lowest BCUT2D eigenvalue weighted by atomic mass is 10.0. The lowest BCUT2D eigenvalue weighted by Gasteiger charge is -2.14. The number of aromatic nitrogens is 1. The Hall–Kier alpha value is -3.41. The van der Waals surface area contributed by atoms with E-state index in [1.165, 1.54) is 6.92 Å². The number of hydrogen-bond donors (Lipinski definition) is 1. The highest BCUT2D eigenvalue weighted by atomic mass is 16.5. The van der Waals surface area contributed by atoms with E-state index in [0.717, 1.165) is 29.0 Å². The van der Waals surface area contributed by atoms with Gasteiger partial charge in [0.1, 0.15) is 5.76 Å². The van der Waals surface area contributed by atoms with Crippen LogP contribution in [0.1, 0.15) is 40.7 Å². The van der Waals surface area contributed by atoms with E-state index in [-0.39, 0.29) is 0 Å². The topological polar surface area (TPSA) is 95.4 Å². The summed E-state index contributed by atoms with van der Waals surface area (Å²) in [5, 5.41) is 0.706. The van der Waals surface area contributed by atoms with Gasteiger partial charge in [-0.15, -0.1) is 0 Å². The molecule has 3 aromatic rings. The summed E-state index contributed by atoms with van der Waals surface area (Å²) in [6.07, 6.45) is 3.96. The summed E-state index contributed by atoms with van der Waals surface area (Å²) in [6.45, 7) is 1.46. The average molecular weight is 362 g/mol. The maximum Gasteiger partial charge on any atom is 0.339 e. The molecule has 1 aliphatic rings. The van der Waals surface area contributed by atoms with Gasteiger partial charge in [-0.25, -0.2) is 9.78 Å². The Labute approximate surface area is 155 Å². The van der Waals surface area contributed by atoms with Crippen LogP contribution in [0.15, 0.2) is 47.1 Å². The summed E-state index contributed by atoms with van der Waals surface area (Å²) in [6, 6.07) is 11.1. The van der Waals surface area contributed by atoms with Gasteiger partial charge in [0.05, 0.1) is 23.0 Å². The Morgan fingerprint density at radius 2 is 2.04 bits per heavy atom. The molecular formula is C21H18N2O4. The molecule has 2 aromatic heterocycles. The van der Waals surface area contributed by atoms with Gasteiger partial charge in [-0.1, -0.05) is 18.2 Å². The van der Waals surface area contributed by atoms with Crippen molar-refractivity contribution in [2.24, 2.45) is 5.73 Å². The fourth-order valence-corrected chi connectivity index (χ4v) is 3.33. The Balaban J connectivity index is 1.86. The van der Waals surface area contributed by atoms with Crippen LogP contribution in [-0.4, -0.2) is 23.0 Å². The van der Waals surface area contributed by atoms with Gasteiger partial charge in [0, 0.05) is 5.39 Å². The van der Waals surface area contributed by atoms with Crippen molar-refractivity contribution in [1.82, 2.24) is 4.98 Å². The lowest BCUT2D eigenvalue weighted by Crippen LogP contribution is -2.30. The number of carbonyl (C=O) groups excluding carboxylic acids is 2. The SMILES string of the molecule is C[C@H](OC(=O)c1c2c(nc3ccccc13)/C(=C/c1ccco1)CC2)C(N)=O. The molecule has 2 N–H and O–H groups in total. The average Bonchev–Trinajstić information content (AvgIpc) is 3.30. The summed E-state index contributed by atoms with van der Waals surface area (Å²) >= 11 is 0. The van der Waals surface area contributed by atoms with Crippen LogP contribution in [0.5, 0.6) is 0 Å². The van der Waals surface area contributed by atoms with Crippen LogP contribution in [-0.2, 0) is 16.0 Å². The van der Waals surface area contributed by atoms with Crippen LogP contribution in [0, 0.1) is 0 Å². The minimum atomic E-state index is -1.00. The summed E-state index contributed by atoms with van der Waals surface area (Å²) in [4.78, 5) is 28.9. The highest BCUT2D eigenvalue weighted by Gasteiger charge is 2.29. The normalized spacial score (nSPS) is 15.7. The lowest BCUT2D eigenvalue weighted by molar-refractivity contribution is -0.125. The molecular weight excluding hydrogens is 344 g/mol. The van der Waals surface area contributed by atoms with E-state index in [4.69, 9.17) is 19.9 Å². The molecule has 136 valence electrons. The smallest absolute Gasteiger partial charge is 0.339 e. The van der Waals surface area contributed by atoms with Crippen LogP contribution in [0.25, 0.3) is 22.6 Å². The van der Waals surface area contributed by atoms with E-state index in [1.54, 1.807) is 6.26 Å². The molecule has 6 nitrogen and oxygen atoms in total. The quantitative estimate of drug-likeness (QED) is 0.718. The van der Waals surface area contributed by atoms with Gasteiger partial charge in [-0.05, 0) is 55.2 Å². The molecule has 2 heterocycles. The monoisotopic (exact) mass is 362 g/mol. The number of ether oxygens (including phenoxy) is 1. The van der Waals surface area contributed by atoms with Crippen molar-refractivity contribution in [3.05, 3.63) is 65.2 Å². The third kappa shape index (κ3) is 3.10. The Morgan fingerprint density at radius 1 is 1.22 bits per heavy atom. The minimum absolute atomic E-state index is 0.451. The van der Waals surface area contributed by atoms with Crippen LogP contribution in [0.3, 0.4) is 0 Å². The van der Waals surface area contributed by atoms with E-state index in [0.29, 0.717) is 22.9 Å². The van der Waals surface area contributed by atoms with Crippen LogP contribution in [0.2, 0.25) is 0 Å². The third-order valence-corrected chi connectivity index (χ3v) is 4.69. The number of hydrogen-bond acceptors (Lipinski definition) is 5. The first-order valence-corrected chi connectivity index (χ1v) is 8.71. The fourth-order valence-electron chi connectivity index (χ4n) is 3.33. The minimum Gasteiger partial charge on any atom is -0.465 e. The first-order chi connectivity index (χ1) is 13.0. The van der Waals surface area contributed by atoms with E-state index in [9.17, 15) is 9.59 Å². The first kappa shape index (κ1) is 17.0. The second-order valence-electron chi connectivity index (χ2n) is 6.47. The number of fused-ring (bicyclic) bond motifs is 2. The molecule has 1 amide bonds. The molecule has 1 aromatic carbocycles. The van der Waals surface area contributed by atoms with Gasteiger partial charge in [0.15, 0.2) is 6.10 Å². The van der Waals surface area contributed by atoms with Crippen molar-refractivity contribution < 1.29 is 18.7 Å². The van der Waals surface area contributed by atoms with Crippen molar-refractivity contribution in [1.29, 1.82) is 0 Å². The van der Waals surface area contributed by atoms with Gasteiger partial charge in [0.2, 0.25) is 0 Å². The number of furan rings is 1. The van der Waals surface area contributed by atoms with E-state index < -0.39 is 18.0 Å². The molecule has 0 radical (unpaired) electrons. The standard InChI is InChI=1S/C21H18N2O4/c1-12(20(22)24)27-21(25)18-15-6-2-3-7-17(15)23-19-13(8-9-16(18)19)11-14-5-4-10-26-14/h2-7,10-12H,8-9H2,1H3,(H2,22,24)/b13-11+/t12-/m0/s1. The highest BCUT2D eigenvalue weighted by Crippen LogP contribution is 2.37. The number of carbonyl (C=O) groups is 2. The predicted octanol–water partition coefficient (Wildman–Crippen LogP) is 3.35. The number of primary amides is 1. The van der Waals surface area contributed by atoms with Crippen molar-refractivity contribution in [3.8, 4) is 0 Å². The van der Waals surface area contributed by atoms with Crippen molar-refractivity contribution >= 4 is 34.4 Å². The Morgan fingerprint density at radius 3 is 2.78 bits per heavy atom. The zero-order chi connectivity index (χ0) is 19.0. The maximum atomic E-state index is 12.9. The number of allylic oxidation sites excluding steroid dienone is 1. The molecule has 1 aliphatic carbocycles. The number of para-hydroxylation sites is 1. The van der Waals surface area contributed by atoms with Crippen molar-refractivity contribution in [3.63, 3.8) is 0 Å². The fraction of sp³-hybridized carbons (Fsp3) is 0.190. The predicted molar refractivity (Wildman–Crippen MR) is 101 cm³/mol. The van der Waals surface area contributed by atoms with E-state index in [2.05, 4.69) is 0 Å². The van der Waals surface area contributed by atoms with Gasteiger partial charge in [-0.3, -0.25) is 4.79 Å². The zero-order valence-electron chi connectivity index (χ0n) is 14.8. The second-order valence-corrected chi connectivity index (χ2v) is 6.47. The largest absolute Gasteiger partial charge is 0.465 e. The van der Waals surface area contributed by atoms with Crippen LogP contribution >= 0.6 is 0 Å². The van der Waals surface area contributed by atoms with E-state index in [1.807, 2.05) is 42.5 Å². The Bertz CT molecular complexity index is 1070.